The third kappa shape index (κ3) is 4.49. The summed E-state index contributed by atoms with van der Waals surface area (Å²) in [5, 5.41) is 2.89. The van der Waals surface area contributed by atoms with Gasteiger partial charge < -0.3 is 11.1 Å². The highest BCUT2D eigenvalue weighted by Crippen LogP contribution is 2.13. The largest absolute Gasteiger partial charge is 0.327 e. The van der Waals surface area contributed by atoms with E-state index in [4.69, 9.17) is 5.73 Å². The maximum Gasteiger partial charge on any atom is 0.228 e. The second-order valence-electron chi connectivity index (χ2n) is 4.94. The molecule has 0 radical (unpaired) electrons. The minimum atomic E-state index is -0.176. The fourth-order valence-corrected chi connectivity index (χ4v) is 1.63. The predicted molar refractivity (Wildman–Crippen MR) is 76.5 cm³/mol. The van der Waals surface area contributed by atoms with Crippen molar-refractivity contribution in [2.24, 2.45) is 11.7 Å². The van der Waals surface area contributed by atoms with Crippen molar-refractivity contribution in [1.29, 1.82) is 0 Å². The third-order valence-electron chi connectivity index (χ3n) is 3.24. The van der Waals surface area contributed by atoms with E-state index >= 15 is 0 Å². The number of nitrogens with one attached hydrogen (secondary N) is 1. The van der Waals surface area contributed by atoms with Crippen molar-refractivity contribution in [3.05, 3.63) is 29.8 Å². The standard InChI is InChI=1S/C15H24N2O/c1-4-5-6-13-7-9-14(10-8-13)17-15(18)11(2)12(3)16/h7-12H,4-6,16H2,1-3H3,(H,17,18). The van der Waals surface area contributed by atoms with Crippen molar-refractivity contribution in [3.63, 3.8) is 0 Å². The van der Waals surface area contributed by atoms with Gasteiger partial charge in [0.2, 0.25) is 5.91 Å². The summed E-state index contributed by atoms with van der Waals surface area (Å²) in [4.78, 5) is 11.8. The molecule has 0 spiro atoms. The van der Waals surface area contributed by atoms with E-state index in [2.05, 4.69) is 24.4 Å². The van der Waals surface area contributed by atoms with Crippen LogP contribution in [0.25, 0.3) is 0 Å². The van der Waals surface area contributed by atoms with Crippen LogP contribution in [-0.4, -0.2) is 11.9 Å². The molecule has 0 saturated carbocycles. The first-order valence-electron chi connectivity index (χ1n) is 6.70. The highest BCUT2D eigenvalue weighted by molar-refractivity contribution is 5.92. The minimum absolute atomic E-state index is 0.0219. The van der Waals surface area contributed by atoms with Gasteiger partial charge in [-0.25, -0.2) is 0 Å². The second-order valence-corrected chi connectivity index (χ2v) is 4.94. The lowest BCUT2D eigenvalue weighted by Gasteiger charge is -2.15. The summed E-state index contributed by atoms with van der Waals surface area (Å²) < 4.78 is 0. The van der Waals surface area contributed by atoms with E-state index in [1.165, 1.54) is 18.4 Å². The quantitative estimate of drug-likeness (QED) is 0.813. The number of carbonyl (C=O) groups is 1. The van der Waals surface area contributed by atoms with Gasteiger partial charge >= 0.3 is 0 Å². The Kier molecular flexibility index (Phi) is 5.86. The normalized spacial score (nSPS) is 14.0. The zero-order valence-electron chi connectivity index (χ0n) is 11.6. The molecule has 3 heteroatoms. The summed E-state index contributed by atoms with van der Waals surface area (Å²) in [6, 6.07) is 7.92. The number of anilines is 1. The number of aryl methyl sites for hydroxylation is 1. The number of rotatable bonds is 6. The van der Waals surface area contributed by atoms with Crippen LogP contribution in [0.4, 0.5) is 5.69 Å². The molecule has 1 amide bonds. The van der Waals surface area contributed by atoms with Gasteiger partial charge in [0.1, 0.15) is 0 Å². The molecule has 0 aliphatic rings. The van der Waals surface area contributed by atoms with Gasteiger partial charge in [0.25, 0.3) is 0 Å². The highest BCUT2D eigenvalue weighted by atomic mass is 16.1. The Labute approximate surface area is 110 Å². The van der Waals surface area contributed by atoms with Crippen molar-refractivity contribution in [2.45, 2.75) is 46.1 Å². The first-order valence-corrected chi connectivity index (χ1v) is 6.70. The molecule has 1 aromatic rings. The molecule has 0 aliphatic carbocycles. The number of unbranched alkanes of at least 4 members (excludes halogenated alkanes) is 1. The molecule has 18 heavy (non-hydrogen) atoms. The van der Waals surface area contributed by atoms with Gasteiger partial charge in [-0.3, -0.25) is 4.79 Å². The van der Waals surface area contributed by atoms with E-state index in [-0.39, 0.29) is 17.9 Å². The number of amides is 1. The first-order chi connectivity index (χ1) is 8.54. The zero-order chi connectivity index (χ0) is 13.5. The summed E-state index contributed by atoms with van der Waals surface area (Å²) in [5.74, 6) is -0.198. The van der Waals surface area contributed by atoms with E-state index < -0.39 is 0 Å². The summed E-state index contributed by atoms with van der Waals surface area (Å²) in [6.07, 6.45) is 3.50. The van der Waals surface area contributed by atoms with Gasteiger partial charge in [-0.15, -0.1) is 0 Å². The summed E-state index contributed by atoms with van der Waals surface area (Å²) in [5.41, 5.74) is 7.86. The van der Waals surface area contributed by atoms with Crippen LogP contribution in [0.2, 0.25) is 0 Å². The minimum Gasteiger partial charge on any atom is -0.327 e. The molecule has 0 saturated heterocycles. The number of hydrogen-bond acceptors (Lipinski definition) is 2. The Morgan fingerprint density at radius 3 is 2.39 bits per heavy atom. The van der Waals surface area contributed by atoms with Crippen molar-refractivity contribution >= 4 is 11.6 Å². The van der Waals surface area contributed by atoms with Gasteiger partial charge in [0.05, 0.1) is 5.92 Å². The van der Waals surface area contributed by atoms with Gasteiger partial charge in [-0.1, -0.05) is 32.4 Å². The fourth-order valence-electron chi connectivity index (χ4n) is 1.63. The molecule has 1 aromatic carbocycles. The molecule has 2 atom stereocenters. The van der Waals surface area contributed by atoms with E-state index in [0.29, 0.717) is 0 Å². The van der Waals surface area contributed by atoms with Crippen molar-refractivity contribution in [1.82, 2.24) is 0 Å². The lowest BCUT2D eigenvalue weighted by atomic mass is 10.0. The second kappa shape index (κ2) is 7.17. The van der Waals surface area contributed by atoms with E-state index in [1.54, 1.807) is 0 Å². The Balaban J connectivity index is 2.55. The molecule has 3 N–H and O–H groups in total. The molecule has 0 fully saturated rings. The highest BCUT2D eigenvalue weighted by Gasteiger charge is 2.16. The molecular weight excluding hydrogens is 224 g/mol. The van der Waals surface area contributed by atoms with Crippen molar-refractivity contribution < 1.29 is 4.79 Å². The van der Waals surface area contributed by atoms with Crippen molar-refractivity contribution in [3.8, 4) is 0 Å². The predicted octanol–water partition coefficient (Wildman–Crippen LogP) is 2.95. The van der Waals surface area contributed by atoms with Gasteiger partial charge in [0.15, 0.2) is 0 Å². The molecule has 0 aliphatic heterocycles. The van der Waals surface area contributed by atoms with E-state index in [0.717, 1.165) is 12.1 Å². The smallest absolute Gasteiger partial charge is 0.228 e. The van der Waals surface area contributed by atoms with Crippen molar-refractivity contribution in [2.75, 3.05) is 5.32 Å². The van der Waals surface area contributed by atoms with Crippen LogP contribution >= 0.6 is 0 Å². The maximum absolute atomic E-state index is 11.8. The first kappa shape index (κ1) is 14.7. The monoisotopic (exact) mass is 248 g/mol. The molecule has 2 unspecified atom stereocenters. The van der Waals surface area contributed by atoms with Crippen LogP contribution < -0.4 is 11.1 Å². The number of benzene rings is 1. The Hall–Kier alpha value is -1.35. The fraction of sp³-hybridized carbons (Fsp3) is 0.533. The molecule has 3 nitrogen and oxygen atoms in total. The number of carbonyl (C=O) groups excluding carboxylic acids is 1. The Bertz CT molecular complexity index is 371. The Morgan fingerprint density at radius 1 is 1.28 bits per heavy atom. The van der Waals surface area contributed by atoms with Crippen LogP contribution in [0.1, 0.15) is 39.2 Å². The molecule has 1 rings (SSSR count). The summed E-state index contributed by atoms with van der Waals surface area (Å²) >= 11 is 0. The molecule has 100 valence electrons. The van der Waals surface area contributed by atoms with E-state index in [1.807, 2.05) is 26.0 Å². The van der Waals surface area contributed by atoms with Crippen LogP contribution in [-0.2, 0) is 11.2 Å². The summed E-state index contributed by atoms with van der Waals surface area (Å²) in [6.45, 7) is 5.87. The number of nitrogens with two attached hydrogens (primary N) is 1. The molecule has 0 heterocycles. The SMILES string of the molecule is CCCCc1ccc(NC(=O)C(C)C(C)N)cc1. The zero-order valence-corrected chi connectivity index (χ0v) is 11.6. The molecule has 0 bridgehead atoms. The summed E-state index contributed by atoms with van der Waals surface area (Å²) in [7, 11) is 0. The molecule has 0 aromatic heterocycles. The maximum atomic E-state index is 11.8. The van der Waals surface area contributed by atoms with Gasteiger partial charge in [-0.2, -0.15) is 0 Å². The molecular formula is C15H24N2O. The van der Waals surface area contributed by atoms with Crippen LogP contribution in [0.3, 0.4) is 0 Å². The van der Waals surface area contributed by atoms with Gasteiger partial charge in [0, 0.05) is 11.7 Å². The average Bonchev–Trinajstić information content (AvgIpc) is 2.36. The Morgan fingerprint density at radius 2 is 1.89 bits per heavy atom. The number of hydrogen-bond donors (Lipinski definition) is 2. The lowest BCUT2D eigenvalue weighted by Crippen LogP contribution is -2.34. The van der Waals surface area contributed by atoms with E-state index in [9.17, 15) is 4.79 Å². The van der Waals surface area contributed by atoms with Gasteiger partial charge in [-0.05, 0) is 37.5 Å². The van der Waals surface area contributed by atoms with Crippen LogP contribution in [0, 0.1) is 5.92 Å². The van der Waals surface area contributed by atoms with Crippen LogP contribution in [0.5, 0.6) is 0 Å². The van der Waals surface area contributed by atoms with Crippen LogP contribution in [0.15, 0.2) is 24.3 Å². The average molecular weight is 248 g/mol. The lowest BCUT2D eigenvalue weighted by molar-refractivity contribution is -0.119. The topological polar surface area (TPSA) is 55.1 Å². The third-order valence-corrected chi connectivity index (χ3v) is 3.24.